The van der Waals surface area contributed by atoms with E-state index in [1.54, 1.807) is 0 Å². The summed E-state index contributed by atoms with van der Waals surface area (Å²) < 4.78 is 34.0. The number of carboxylic acid groups (broad SMARTS) is 3. The molecule has 0 radical (unpaired) electrons. The highest BCUT2D eigenvalue weighted by molar-refractivity contribution is 5.79. The summed E-state index contributed by atoms with van der Waals surface area (Å²) in [5, 5.41) is 103. The van der Waals surface area contributed by atoms with Crippen LogP contribution in [-0.2, 0) is 47.6 Å². The first kappa shape index (κ1) is 50.7. The van der Waals surface area contributed by atoms with Crippen LogP contribution < -0.4 is 0 Å². The van der Waals surface area contributed by atoms with E-state index in [0.29, 0.717) is 51.4 Å². The van der Waals surface area contributed by atoms with Crippen LogP contribution in [0.3, 0.4) is 0 Å². The first-order chi connectivity index (χ1) is 30.8. The van der Waals surface area contributed by atoms with Gasteiger partial charge in [0.15, 0.2) is 18.7 Å². The third-order valence-electron chi connectivity index (χ3n) is 17.7. The van der Waals surface area contributed by atoms with Gasteiger partial charge in [-0.25, -0.2) is 14.4 Å². The van der Waals surface area contributed by atoms with Crippen molar-refractivity contribution in [3.63, 3.8) is 0 Å². The van der Waals surface area contributed by atoms with Gasteiger partial charge in [-0.15, -0.1) is 0 Å². The van der Waals surface area contributed by atoms with E-state index in [1.165, 1.54) is 5.57 Å². The van der Waals surface area contributed by atoms with E-state index >= 15 is 0 Å². The summed E-state index contributed by atoms with van der Waals surface area (Å²) in [5.74, 6) is -5.67. The Morgan fingerprint density at radius 1 is 0.833 bits per heavy atom. The van der Waals surface area contributed by atoms with Crippen LogP contribution in [0.15, 0.2) is 23.8 Å². The number of rotatable bonds is 13. The molecule has 10 N–H and O–H groups in total. The van der Waals surface area contributed by atoms with E-state index in [-0.39, 0.29) is 34.0 Å². The molecule has 2 aliphatic heterocycles. The van der Waals surface area contributed by atoms with Crippen LogP contribution >= 0.6 is 0 Å². The van der Waals surface area contributed by atoms with Gasteiger partial charge < -0.3 is 79.5 Å². The van der Waals surface area contributed by atoms with Crippen LogP contribution in [0.25, 0.3) is 0 Å². The molecule has 7 aliphatic rings. The summed E-state index contributed by atoms with van der Waals surface area (Å²) in [7, 11) is 0. The SMILES string of the molecule is C=C1CC[C@]2(C(=O)O[C@@H]3O[C@H](CO)[C@@H](O)[C@H](O)[C@H]3O)CC[C@]3(C)C(=CC[C@@H]4[C@@]5(C)CC[C@H](O[C@@H]6O[C@H](C(=O)O)[C@@H](O)[C@H](OC(OCC(=O)O)[C@@H](O)C(=O)O)[C@H]6O)C(C)(C)[C@@H]5CC[C@]43C)[C@H]2C1. The van der Waals surface area contributed by atoms with E-state index in [0.717, 1.165) is 18.4 Å². The van der Waals surface area contributed by atoms with Crippen molar-refractivity contribution in [1.82, 2.24) is 0 Å². The maximum atomic E-state index is 14.5. The number of ether oxygens (including phenoxy) is 6. The van der Waals surface area contributed by atoms with Crippen LogP contribution in [0.5, 0.6) is 0 Å². The molecule has 0 aromatic carbocycles. The van der Waals surface area contributed by atoms with Crippen molar-refractivity contribution in [2.24, 2.45) is 44.8 Å². The highest BCUT2D eigenvalue weighted by atomic mass is 16.7. The first-order valence-electron chi connectivity index (χ1n) is 23.0. The second kappa shape index (κ2) is 18.3. The standard InChI is InChI=1S/C46H68O20/c1-20-9-14-46(41(60)66-39-30(52)29(51)28(50)23(18-47)62-39)16-15-44(5)21(22(46)17-20)7-8-25-43(4)12-11-26(42(2,3)24(43)10-13-45(25,44)6)63-40-32(54)34(31(53)35(65-40)37(58)59)64-38(33(55)36(56)57)61-19-27(48)49/h7,22-26,28-35,38-40,47,50-55H,1,8-19H2,2-6H3,(H,48,49)(H,56,57)(H,58,59)/t22-,23-,24+,25-,26+,28-,29+,30-,31+,32-,33+,34+,35+,38?,39+,40-,43+,44-,45-,46+/m1/s1. The zero-order valence-electron chi connectivity index (χ0n) is 38.1. The maximum absolute atomic E-state index is 14.5. The van der Waals surface area contributed by atoms with Gasteiger partial charge in [-0.05, 0) is 97.7 Å². The molecule has 66 heavy (non-hydrogen) atoms. The number of hydrogen-bond donors (Lipinski definition) is 10. The molecule has 0 amide bonds. The molecule has 1 unspecified atom stereocenters. The lowest BCUT2D eigenvalue weighted by molar-refractivity contribution is -0.345. The zero-order valence-corrected chi connectivity index (χ0v) is 38.1. The molecular weight excluding hydrogens is 872 g/mol. The van der Waals surface area contributed by atoms with Gasteiger partial charge in [0.25, 0.3) is 0 Å². The summed E-state index contributed by atoms with van der Waals surface area (Å²) in [6, 6.07) is 0. The van der Waals surface area contributed by atoms with E-state index < -0.39 is 128 Å². The van der Waals surface area contributed by atoms with Crippen molar-refractivity contribution in [3.05, 3.63) is 23.8 Å². The molecule has 7 rings (SSSR count). The summed E-state index contributed by atoms with van der Waals surface area (Å²) in [6.07, 6.45) is -14.5. The number of esters is 1. The molecule has 0 bridgehead atoms. The molecule has 0 aromatic rings. The number of aliphatic hydroxyl groups excluding tert-OH is 7. The third-order valence-corrected chi connectivity index (χ3v) is 17.7. The van der Waals surface area contributed by atoms with E-state index in [2.05, 4.69) is 47.3 Å². The minimum absolute atomic E-state index is 0.0409. The van der Waals surface area contributed by atoms with Gasteiger partial charge >= 0.3 is 23.9 Å². The number of carboxylic acids is 3. The van der Waals surface area contributed by atoms with Crippen molar-refractivity contribution in [1.29, 1.82) is 0 Å². The molecular formula is C46H68O20. The number of carbonyl (C=O) groups excluding carboxylic acids is 1. The monoisotopic (exact) mass is 940 g/mol. The van der Waals surface area contributed by atoms with Crippen LogP contribution in [0.2, 0.25) is 0 Å². The number of aliphatic carboxylic acids is 3. The molecule has 5 aliphatic carbocycles. The number of allylic oxidation sites excluding steroid dienone is 3. The fourth-order valence-corrected chi connectivity index (χ4v) is 13.9. The van der Waals surface area contributed by atoms with Crippen molar-refractivity contribution in [2.75, 3.05) is 13.2 Å². The Labute approximate surface area is 382 Å². The quantitative estimate of drug-likeness (QED) is 0.0529. The Kier molecular flexibility index (Phi) is 14.1. The normalized spacial score (nSPS) is 46.2. The zero-order chi connectivity index (χ0) is 48.6. The van der Waals surface area contributed by atoms with Gasteiger partial charge in [0.1, 0.15) is 49.3 Å². The van der Waals surface area contributed by atoms with Crippen molar-refractivity contribution in [3.8, 4) is 0 Å². The second-order valence-electron chi connectivity index (χ2n) is 21.2. The average molecular weight is 941 g/mol. The highest BCUT2D eigenvalue weighted by Crippen LogP contribution is 2.75. The van der Waals surface area contributed by atoms with E-state index in [4.69, 9.17) is 33.5 Å². The molecule has 4 saturated carbocycles. The molecule has 20 atom stereocenters. The maximum Gasteiger partial charge on any atom is 0.337 e. The van der Waals surface area contributed by atoms with Crippen LogP contribution in [0, 0.1) is 44.8 Å². The Morgan fingerprint density at radius 2 is 1.53 bits per heavy atom. The van der Waals surface area contributed by atoms with Crippen LogP contribution in [0.1, 0.15) is 98.8 Å². The minimum Gasteiger partial charge on any atom is -0.480 e. The number of carbonyl (C=O) groups is 4. The topological polar surface area (TPSA) is 326 Å². The van der Waals surface area contributed by atoms with Crippen molar-refractivity contribution >= 4 is 23.9 Å². The minimum atomic E-state index is -2.48. The van der Waals surface area contributed by atoms with Crippen molar-refractivity contribution in [2.45, 2.75) is 179 Å². The Bertz CT molecular complexity index is 1920. The van der Waals surface area contributed by atoms with Crippen molar-refractivity contribution < 1.29 is 98.7 Å². The van der Waals surface area contributed by atoms with Gasteiger partial charge in [0.05, 0.1) is 18.1 Å². The first-order valence-corrected chi connectivity index (χ1v) is 23.0. The lowest BCUT2D eigenvalue weighted by Gasteiger charge is -2.71. The van der Waals surface area contributed by atoms with Gasteiger partial charge in [0.2, 0.25) is 12.4 Å². The Morgan fingerprint density at radius 3 is 2.17 bits per heavy atom. The lowest BCUT2D eigenvalue weighted by Crippen LogP contribution is -2.66. The molecule has 20 nitrogen and oxygen atoms in total. The third kappa shape index (κ3) is 8.23. The molecule has 2 saturated heterocycles. The van der Waals surface area contributed by atoms with E-state index in [9.17, 15) is 65.1 Å². The largest absolute Gasteiger partial charge is 0.480 e. The predicted octanol–water partition coefficient (Wildman–Crippen LogP) is 0.836. The smallest absolute Gasteiger partial charge is 0.337 e. The molecule has 6 fully saturated rings. The number of aliphatic hydroxyl groups is 7. The molecule has 372 valence electrons. The summed E-state index contributed by atoms with van der Waals surface area (Å²) in [6.45, 7) is 13.6. The van der Waals surface area contributed by atoms with Gasteiger partial charge in [0, 0.05) is 5.92 Å². The summed E-state index contributed by atoms with van der Waals surface area (Å²) in [4.78, 5) is 49.7. The average Bonchev–Trinajstić information content (AvgIpc) is 3.25. The fraction of sp³-hybridized carbons (Fsp3) is 0.826. The Hall–Kier alpha value is -3.12. The van der Waals surface area contributed by atoms with Gasteiger partial charge in [-0.2, -0.15) is 0 Å². The molecule has 2 heterocycles. The second-order valence-corrected chi connectivity index (χ2v) is 21.2. The van der Waals surface area contributed by atoms with Gasteiger partial charge in [-0.1, -0.05) is 58.4 Å². The van der Waals surface area contributed by atoms with Gasteiger partial charge in [-0.3, -0.25) is 4.79 Å². The highest BCUT2D eigenvalue weighted by Gasteiger charge is 2.70. The molecule has 0 spiro atoms. The van der Waals surface area contributed by atoms with Crippen LogP contribution in [-0.4, -0.2) is 168 Å². The molecule has 0 aromatic heterocycles. The Balaban J connectivity index is 1.12. The number of fused-ring (bicyclic) bond motifs is 7. The predicted molar refractivity (Wildman–Crippen MR) is 223 cm³/mol. The molecule has 20 heteroatoms. The van der Waals surface area contributed by atoms with E-state index in [1.807, 2.05) is 0 Å². The summed E-state index contributed by atoms with van der Waals surface area (Å²) in [5.41, 5.74) is -0.234. The fourth-order valence-electron chi connectivity index (χ4n) is 13.9. The number of hydrogen-bond acceptors (Lipinski definition) is 17. The summed E-state index contributed by atoms with van der Waals surface area (Å²) >= 11 is 0. The lowest BCUT2D eigenvalue weighted by atomic mass is 9.34. The van der Waals surface area contributed by atoms with Crippen LogP contribution in [0.4, 0.5) is 0 Å².